The van der Waals surface area contributed by atoms with E-state index < -0.39 is 23.0 Å². The third-order valence-electron chi connectivity index (χ3n) is 2.58. The van der Waals surface area contributed by atoms with Crippen LogP contribution in [0.3, 0.4) is 0 Å². The van der Waals surface area contributed by atoms with Gasteiger partial charge in [-0.1, -0.05) is 6.07 Å². The van der Waals surface area contributed by atoms with Crippen molar-refractivity contribution in [1.29, 1.82) is 0 Å². The molecule has 0 aliphatic heterocycles. The second-order valence-electron chi connectivity index (χ2n) is 3.74. The quantitative estimate of drug-likeness (QED) is 0.833. The van der Waals surface area contributed by atoms with Crippen LogP contribution in [-0.2, 0) is 6.54 Å². The van der Waals surface area contributed by atoms with E-state index in [-0.39, 0.29) is 16.6 Å². The molecule has 2 rings (SSSR count). The van der Waals surface area contributed by atoms with E-state index in [2.05, 4.69) is 15.9 Å². The number of hydrogen-bond donors (Lipinski definition) is 1. The van der Waals surface area contributed by atoms with E-state index in [0.717, 1.165) is 12.1 Å². The monoisotopic (exact) mass is 315 g/mol. The van der Waals surface area contributed by atoms with Gasteiger partial charge in [0.05, 0.1) is 10.0 Å². The molecule has 0 unspecified atom stereocenters. The second-order valence-corrected chi connectivity index (χ2v) is 4.59. The van der Waals surface area contributed by atoms with Crippen LogP contribution in [0.15, 0.2) is 34.8 Å². The van der Waals surface area contributed by atoms with E-state index in [1.165, 1.54) is 18.2 Å². The number of rotatable bonds is 2. The summed E-state index contributed by atoms with van der Waals surface area (Å²) in [5.41, 5.74) is 5.51. The van der Waals surface area contributed by atoms with Gasteiger partial charge in [0, 0.05) is 12.1 Å². The molecule has 0 atom stereocenters. The largest absolute Gasteiger partial charge is 0.326 e. The average Bonchev–Trinajstić information content (AvgIpc) is 2.36. The van der Waals surface area contributed by atoms with Crippen molar-refractivity contribution in [2.24, 2.45) is 5.73 Å². The van der Waals surface area contributed by atoms with E-state index in [4.69, 9.17) is 5.73 Å². The molecule has 5 heteroatoms. The molecule has 2 N–H and O–H groups in total. The molecule has 2 aromatic carbocycles. The first-order valence-electron chi connectivity index (χ1n) is 5.17. The third kappa shape index (κ3) is 2.28. The summed E-state index contributed by atoms with van der Waals surface area (Å²) in [5.74, 6) is -2.34. The predicted octanol–water partition coefficient (Wildman–Crippen LogP) is 3.99. The second kappa shape index (κ2) is 5.12. The molecule has 2 aromatic rings. The lowest BCUT2D eigenvalue weighted by atomic mass is 10.0. The summed E-state index contributed by atoms with van der Waals surface area (Å²) in [6.07, 6.45) is 0. The zero-order valence-electron chi connectivity index (χ0n) is 9.18. The molecule has 0 fully saturated rings. The van der Waals surface area contributed by atoms with E-state index in [0.29, 0.717) is 5.56 Å². The molecule has 1 nitrogen and oxygen atoms in total. The lowest BCUT2D eigenvalue weighted by molar-refractivity contribution is 0.578. The van der Waals surface area contributed by atoms with Crippen molar-refractivity contribution in [3.8, 4) is 11.1 Å². The van der Waals surface area contributed by atoms with Crippen molar-refractivity contribution in [1.82, 2.24) is 0 Å². The van der Waals surface area contributed by atoms with Gasteiger partial charge in [-0.2, -0.15) is 0 Å². The highest BCUT2D eigenvalue weighted by Gasteiger charge is 2.17. The van der Waals surface area contributed by atoms with Crippen LogP contribution in [0.4, 0.5) is 13.2 Å². The highest BCUT2D eigenvalue weighted by molar-refractivity contribution is 9.10. The minimum Gasteiger partial charge on any atom is -0.326 e. The van der Waals surface area contributed by atoms with Gasteiger partial charge in [0.25, 0.3) is 0 Å². The Morgan fingerprint density at radius 3 is 2.33 bits per heavy atom. The van der Waals surface area contributed by atoms with Gasteiger partial charge < -0.3 is 5.73 Å². The number of halogens is 4. The summed E-state index contributed by atoms with van der Waals surface area (Å²) in [6.45, 7) is 0.171. The Balaban J connectivity index is 2.72. The number of hydrogen-bond acceptors (Lipinski definition) is 1. The lowest BCUT2D eigenvalue weighted by Gasteiger charge is -2.09. The summed E-state index contributed by atoms with van der Waals surface area (Å²) in [4.78, 5) is 0. The van der Waals surface area contributed by atoms with Crippen molar-refractivity contribution < 1.29 is 13.2 Å². The molecule has 0 heterocycles. The minimum atomic E-state index is -0.830. The van der Waals surface area contributed by atoms with Crippen molar-refractivity contribution in [3.63, 3.8) is 0 Å². The van der Waals surface area contributed by atoms with E-state index in [9.17, 15) is 13.2 Å². The van der Waals surface area contributed by atoms with Gasteiger partial charge in [-0.25, -0.2) is 13.2 Å². The van der Waals surface area contributed by atoms with Crippen LogP contribution in [0.5, 0.6) is 0 Å². The molecular formula is C13H9BrF3N. The molecular weight excluding hydrogens is 307 g/mol. The third-order valence-corrected chi connectivity index (χ3v) is 3.19. The summed E-state index contributed by atoms with van der Waals surface area (Å²) in [5, 5.41) is 0. The average molecular weight is 316 g/mol. The molecule has 0 saturated carbocycles. The van der Waals surface area contributed by atoms with Crippen molar-refractivity contribution in [3.05, 3.63) is 57.8 Å². The number of benzene rings is 2. The maximum Gasteiger partial charge on any atom is 0.148 e. The Labute approximate surface area is 111 Å². The fourth-order valence-corrected chi connectivity index (χ4v) is 2.00. The molecule has 0 amide bonds. The van der Waals surface area contributed by atoms with Gasteiger partial charge in [0.2, 0.25) is 0 Å². The van der Waals surface area contributed by atoms with Gasteiger partial charge in [0.1, 0.15) is 17.5 Å². The van der Waals surface area contributed by atoms with Crippen LogP contribution in [0, 0.1) is 17.5 Å². The van der Waals surface area contributed by atoms with Crippen LogP contribution >= 0.6 is 15.9 Å². The lowest BCUT2D eigenvalue weighted by Crippen LogP contribution is -1.99. The molecule has 94 valence electrons. The topological polar surface area (TPSA) is 26.0 Å². The first kappa shape index (κ1) is 13.1. The Kier molecular flexibility index (Phi) is 3.73. The standard InChI is InChI=1S/C13H9BrF3N/c14-9-2-4-11(16)12(13(9)17)8-5-7(6-18)1-3-10(8)15/h1-5H,6,18H2. The van der Waals surface area contributed by atoms with Gasteiger partial charge in [-0.3, -0.25) is 0 Å². The maximum absolute atomic E-state index is 13.9. The van der Waals surface area contributed by atoms with Crippen LogP contribution in [-0.4, -0.2) is 0 Å². The van der Waals surface area contributed by atoms with Crippen molar-refractivity contribution in [2.45, 2.75) is 6.54 Å². The predicted molar refractivity (Wildman–Crippen MR) is 67.3 cm³/mol. The molecule has 0 bridgehead atoms. The van der Waals surface area contributed by atoms with Crippen molar-refractivity contribution >= 4 is 15.9 Å². The van der Waals surface area contributed by atoms with Gasteiger partial charge in [-0.15, -0.1) is 0 Å². The smallest absolute Gasteiger partial charge is 0.148 e. The maximum atomic E-state index is 13.9. The Morgan fingerprint density at radius 1 is 1.00 bits per heavy atom. The Bertz CT molecular complexity index is 599. The highest BCUT2D eigenvalue weighted by atomic mass is 79.9. The molecule has 0 aromatic heterocycles. The highest BCUT2D eigenvalue weighted by Crippen LogP contribution is 2.32. The van der Waals surface area contributed by atoms with Crippen LogP contribution in [0.2, 0.25) is 0 Å². The molecule has 0 radical (unpaired) electrons. The first-order valence-corrected chi connectivity index (χ1v) is 5.96. The first-order chi connectivity index (χ1) is 8.54. The fourth-order valence-electron chi connectivity index (χ4n) is 1.66. The molecule has 0 aliphatic rings. The number of nitrogens with two attached hydrogens (primary N) is 1. The summed E-state index contributed by atoms with van der Waals surface area (Å²) in [6, 6.07) is 6.29. The SMILES string of the molecule is NCc1ccc(F)c(-c2c(F)ccc(Br)c2F)c1. The zero-order valence-corrected chi connectivity index (χ0v) is 10.8. The molecule has 0 aliphatic carbocycles. The van der Waals surface area contributed by atoms with Gasteiger partial charge >= 0.3 is 0 Å². The zero-order chi connectivity index (χ0) is 13.3. The van der Waals surface area contributed by atoms with E-state index in [1.54, 1.807) is 0 Å². The molecule has 0 spiro atoms. The molecule has 0 saturated heterocycles. The fraction of sp³-hybridized carbons (Fsp3) is 0.0769. The van der Waals surface area contributed by atoms with E-state index >= 15 is 0 Å². The normalized spacial score (nSPS) is 10.7. The van der Waals surface area contributed by atoms with Gasteiger partial charge in [-0.05, 0) is 45.8 Å². The Morgan fingerprint density at radius 2 is 1.67 bits per heavy atom. The Hall–Kier alpha value is -1.33. The summed E-state index contributed by atoms with van der Waals surface area (Å²) < 4.78 is 41.3. The van der Waals surface area contributed by atoms with Crippen LogP contribution in [0.1, 0.15) is 5.56 Å². The van der Waals surface area contributed by atoms with Crippen LogP contribution in [0.25, 0.3) is 11.1 Å². The summed E-state index contributed by atoms with van der Waals surface area (Å²) >= 11 is 2.95. The van der Waals surface area contributed by atoms with Crippen LogP contribution < -0.4 is 5.73 Å². The summed E-state index contributed by atoms with van der Waals surface area (Å²) in [7, 11) is 0. The minimum absolute atomic E-state index is 0.0800. The molecule has 18 heavy (non-hydrogen) atoms. The van der Waals surface area contributed by atoms with Crippen molar-refractivity contribution in [2.75, 3.05) is 0 Å². The van der Waals surface area contributed by atoms with Gasteiger partial charge in [0.15, 0.2) is 0 Å². The van der Waals surface area contributed by atoms with E-state index in [1.807, 2.05) is 0 Å².